The molecule has 4 aromatic heterocycles. The highest BCUT2D eigenvalue weighted by atomic mass is 35.5. The van der Waals surface area contributed by atoms with Gasteiger partial charge < -0.3 is 4.84 Å². The number of hydrogen-bond acceptors (Lipinski definition) is 6. The van der Waals surface area contributed by atoms with Gasteiger partial charge in [-0.2, -0.15) is 0 Å². The van der Waals surface area contributed by atoms with Crippen LogP contribution in [0.15, 0.2) is 60.3 Å². The second-order valence-electron chi connectivity index (χ2n) is 7.03. The molecule has 0 amide bonds. The Morgan fingerprint density at radius 1 is 1.13 bits per heavy atom. The SMILES string of the molecule is Cc1c(C)n(-c2cccnc2)c2ncn3nc(CO/N=C/c4ccccc4Cl)nc3c12. The molecule has 0 aliphatic carbocycles. The third-order valence-electron chi connectivity index (χ3n) is 5.15. The summed E-state index contributed by atoms with van der Waals surface area (Å²) in [6.45, 7) is 4.25. The largest absolute Gasteiger partial charge is 0.387 e. The molecular weight excluding hydrogens is 414 g/mol. The van der Waals surface area contributed by atoms with Crippen LogP contribution in [-0.4, -0.2) is 35.3 Å². The van der Waals surface area contributed by atoms with E-state index in [-0.39, 0.29) is 6.61 Å². The van der Waals surface area contributed by atoms with E-state index in [1.54, 1.807) is 29.3 Å². The Balaban J connectivity index is 1.47. The van der Waals surface area contributed by atoms with Crippen molar-refractivity contribution in [2.24, 2.45) is 5.16 Å². The second kappa shape index (κ2) is 7.81. The molecule has 0 saturated heterocycles. The van der Waals surface area contributed by atoms with Gasteiger partial charge in [-0.1, -0.05) is 35.0 Å². The van der Waals surface area contributed by atoms with Crippen LogP contribution in [0.1, 0.15) is 22.6 Å². The van der Waals surface area contributed by atoms with Crippen LogP contribution < -0.4 is 0 Å². The Labute approximate surface area is 182 Å². The first kappa shape index (κ1) is 19.2. The molecule has 8 nitrogen and oxygen atoms in total. The zero-order chi connectivity index (χ0) is 21.4. The van der Waals surface area contributed by atoms with Crippen molar-refractivity contribution >= 4 is 34.5 Å². The molecule has 5 aromatic rings. The number of benzene rings is 1. The van der Waals surface area contributed by atoms with Gasteiger partial charge >= 0.3 is 0 Å². The summed E-state index contributed by atoms with van der Waals surface area (Å²) in [5.41, 5.74) is 5.43. The minimum Gasteiger partial charge on any atom is -0.387 e. The van der Waals surface area contributed by atoms with Gasteiger partial charge in [-0.05, 0) is 37.6 Å². The third-order valence-corrected chi connectivity index (χ3v) is 5.49. The average molecular weight is 432 g/mol. The standard InChI is InChI=1S/C22H18ClN7O/c1-14-15(2)30(17-7-5-9-24-11-17)21-20(14)22-27-19(28-29(22)13-25-21)12-31-26-10-16-6-3-4-8-18(16)23/h3-11,13H,12H2,1-2H3/b26-10+. The fraction of sp³-hybridized carbons (Fsp3) is 0.136. The molecule has 1 aromatic carbocycles. The van der Waals surface area contributed by atoms with Crippen LogP contribution in [-0.2, 0) is 11.4 Å². The van der Waals surface area contributed by atoms with Gasteiger partial charge in [0.25, 0.3) is 0 Å². The van der Waals surface area contributed by atoms with E-state index in [0.29, 0.717) is 10.8 Å². The topological polar surface area (TPSA) is 82.5 Å². The maximum atomic E-state index is 6.12. The Kier molecular flexibility index (Phi) is 4.83. The number of hydrogen-bond donors (Lipinski definition) is 0. The second-order valence-corrected chi connectivity index (χ2v) is 7.43. The van der Waals surface area contributed by atoms with Gasteiger partial charge in [0, 0.05) is 22.5 Å². The molecule has 5 rings (SSSR count). The lowest BCUT2D eigenvalue weighted by Gasteiger charge is -2.06. The fourth-order valence-electron chi connectivity index (χ4n) is 3.54. The van der Waals surface area contributed by atoms with Crippen LogP contribution >= 0.6 is 11.6 Å². The normalized spacial score (nSPS) is 11.7. The van der Waals surface area contributed by atoms with E-state index in [4.69, 9.17) is 16.4 Å². The monoisotopic (exact) mass is 431 g/mol. The summed E-state index contributed by atoms with van der Waals surface area (Å²) in [4.78, 5) is 18.9. The first-order valence-electron chi connectivity index (χ1n) is 9.65. The van der Waals surface area contributed by atoms with Crippen LogP contribution in [0.25, 0.3) is 22.4 Å². The summed E-state index contributed by atoms with van der Waals surface area (Å²) in [6.07, 6.45) is 6.80. The van der Waals surface area contributed by atoms with E-state index >= 15 is 0 Å². The number of oxime groups is 1. The molecule has 0 atom stereocenters. The molecule has 9 heteroatoms. The maximum absolute atomic E-state index is 6.12. The number of pyridine rings is 1. The van der Waals surface area contributed by atoms with Crippen molar-refractivity contribution in [1.29, 1.82) is 0 Å². The van der Waals surface area contributed by atoms with Gasteiger partial charge in [0.15, 0.2) is 23.7 Å². The highest BCUT2D eigenvalue weighted by Gasteiger charge is 2.19. The van der Waals surface area contributed by atoms with Crippen LogP contribution in [0.4, 0.5) is 0 Å². The maximum Gasteiger partial charge on any atom is 0.192 e. The van der Waals surface area contributed by atoms with Crippen molar-refractivity contribution in [1.82, 2.24) is 29.1 Å². The van der Waals surface area contributed by atoms with E-state index in [1.807, 2.05) is 36.5 Å². The molecule has 0 aliphatic rings. The van der Waals surface area contributed by atoms with Gasteiger partial charge in [0.05, 0.1) is 23.5 Å². The zero-order valence-electron chi connectivity index (χ0n) is 16.9. The molecule has 0 spiro atoms. The molecule has 0 radical (unpaired) electrons. The van der Waals surface area contributed by atoms with Crippen molar-refractivity contribution in [3.05, 3.63) is 82.8 Å². The predicted octanol–water partition coefficient (Wildman–Crippen LogP) is 4.28. The fourth-order valence-corrected chi connectivity index (χ4v) is 3.72. The summed E-state index contributed by atoms with van der Waals surface area (Å²) >= 11 is 6.12. The van der Waals surface area contributed by atoms with Crippen LogP contribution in [0.5, 0.6) is 0 Å². The summed E-state index contributed by atoms with van der Waals surface area (Å²) in [5.74, 6) is 0.511. The zero-order valence-corrected chi connectivity index (χ0v) is 17.7. The van der Waals surface area contributed by atoms with Crippen molar-refractivity contribution in [2.75, 3.05) is 0 Å². The molecule has 0 aliphatic heterocycles. The van der Waals surface area contributed by atoms with E-state index < -0.39 is 0 Å². The summed E-state index contributed by atoms with van der Waals surface area (Å²) in [7, 11) is 0. The van der Waals surface area contributed by atoms with Crippen molar-refractivity contribution in [3.63, 3.8) is 0 Å². The molecule has 31 heavy (non-hydrogen) atoms. The molecule has 0 bridgehead atoms. The first-order chi connectivity index (χ1) is 15.1. The number of aryl methyl sites for hydroxylation is 1. The highest BCUT2D eigenvalue weighted by molar-refractivity contribution is 6.33. The molecule has 0 unspecified atom stereocenters. The molecule has 0 fully saturated rings. The third kappa shape index (κ3) is 3.40. The molecule has 4 heterocycles. The first-order valence-corrected chi connectivity index (χ1v) is 10.0. The quantitative estimate of drug-likeness (QED) is 0.306. The van der Waals surface area contributed by atoms with Crippen LogP contribution in [0.2, 0.25) is 5.02 Å². The summed E-state index contributed by atoms with van der Waals surface area (Å²) in [6, 6.07) is 11.3. The highest BCUT2D eigenvalue weighted by Crippen LogP contribution is 2.29. The lowest BCUT2D eigenvalue weighted by atomic mass is 10.2. The molecule has 0 saturated carbocycles. The van der Waals surface area contributed by atoms with Gasteiger partial charge in [0.2, 0.25) is 0 Å². The predicted molar refractivity (Wildman–Crippen MR) is 119 cm³/mol. The van der Waals surface area contributed by atoms with Crippen LogP contribution in [0, 0.1) is 13.8 Å². The number of nitrogens with zero attached hydrogens (tertiary/aromatic N) is 7. The van der Waals surface area contributed by atoms with Crippen molar-refractivity contribution in [2.45, 2.75) is 20.5 Å². The minimum atomic E-state index is 0.130. The minimum absolute atomic E-state index is 0.130. The van der Waals surface area contributed by atoms with Crippen molar-refractivity contribution < 1.29 is 4.84 Å². The smallest absolute Gasteiger partial charge is 0.192 e. The summed E-state index contributed by atoms with van der Waals surface area (Å²) in [5, 5.41) is 10.0. The van der Waals surface area contributed by atoms with Gasteiger partial charge in [-0.3, -0.25) is 9.55 Å². The lowest BCUT2D eigenvalue weighted by molar-refractivity contribution is 0.126. The molecular formula is C22H18ClN7O. The van der Waals surface area contributed by atoms with Crippen LogP contribution in [0.3, 0.4) is 0 Å². The van der Waals surface area contributed by atoms with E-state index in [1.165, 1.54) is 0 Å². The van der Waals surface area contributed by atoms with E-state index in [2.05, 4.69) is 43.6 Å². The van der Waals surface area contributed by atoms with Crippen molar-refractivity contribution in [3.8, 4) is 5.69 Å². The lowest BCUT2D eigenvalue weighted by Crippen LogP contribution is -1.99. The number of fused-ring (bicyclic) bond motifs is 3. The Morgan fingerprint density at radius 3 is 2.81 bits per heavy atom. The number of rotatable bonds is 5. The number of halogens is 1. The Bertz CT molecular complexity index is 1420. The van der Waals surface area contributed by atoms with E-state index in [9.17, 15) is 0 Å². The number of aromatic nitrogens is 6. The molecule has 154 valence electrons. The molecule has 0 N–H and O–H groups in total. The van der Waals surface area contributed by atoms with Gasteiger partial charge in [0.1, 0.15) is 6.33 Å². The van der Waals surface area contributed by atoms with Gasteiger partial charge in [-0.25, -0.2) is 14.5 Å². The Morgan fingerprint density at radius 2 is 2.00 bits per heavy atom. The summed E-state index contributed by atoms with van der Waals surface area (Å²) < 4.78 is 3.75. The van der Waals surface area contributed by atoms with Gasteiger partial charge in [-0.15, -0.1) is 5.10 Å². The average Bonchev–Trinajstić information content (AvgIpc) is 3.31. The van der Waals surface area contributed by atoms with E-state index in [0.717, 1.165) is 39.2 Å². The Hall–Kier alpha value is -3.78.